The summed E-state index contributed by atoms with van der Waals surface area (Å²) in [5.41, 5.74) is 5.61. The maximum atomic E-state index is 5.66. The van der Waals surface area contributed by atoms with Gasteiger partial charge < -0.3 is 10.6 Å². The fourth-order valence-corrected chi connectivity index (χ4v) is 1.80. The molecular weight excluding hydrogens is 200 g/mol. The molecule has 14 heavy (non-hydrogen) atoms. The zero-order chi connectivity index (χ0) is 9.97. The minimum absolute atomic E-state index is 0.434. The van der Waals surface area contributed by atoms with E-state index in [-0.39, 0.29) is 0 Å². The van der Waals surface area contributed by atoms with Crippen molar-refractivity contribution in [1.82, 2.24) is 9.97 Å². The van der Waals surface area contributed by atoms with Gasteiger partial charge in [-0.3, -0.25) is 0 Å². The first-order valence-electron chi connectivity index (χ1n) is 4.72. The van der Waals surface area contributed by atoms with Gasteiger partial charge in [-0.2, -0.15) is 0 Å². The number of nitrogens with zero attached hydrogens (tertiary/aromatic N) is 3. The van der Waals surface area contributed by atoms with E-state index in [0.29, 0.717) is 11.1 Å². The third-order valence-electron chi connectivity index (χ3n) is 2.55. The summed E-state index contributed by atoms with van der Waals surface area (Å²) in [5, 5.41) is 0.434. The van der Waals surface area contributed by atoms with Crippen LogP contribution in [0.25, 0.3) is 0 Å². The molecule has 2 heterocycles. The number of anilines is 1. The second-order valence-electron chi connectivity index (χ2n) is 3.53. The van der Waals surface area contributed by atoms with Crippen LogP contribution >= 0.6 is 11.6 Å². The van der Waals surface area contributed by atoms with Gasteiger partial charge in [-0.15, -0.1) is 0 Å². The van der Waals surface area contributed by atoms with E-state index in [1.54, 1.807) is 12.4 Å². The van der Waals surface area contributed by atoms with E-state index in [2.05, 4.69) is 14.9 Å². The predicted molar refractivity (Wildman–Crippen MR) is 56.4 cm³/mol. The number of nitrogens with two attached hydrogens (primary N) is 1. The molecule has 76 valence electrons. The van der Waals surface area contributed by atoms with Crippen molar-refractivity contribution in [2.24, 2.45) is 11.7 Å². The molecule has 1 saturated heterocycles. The van der Waals surface area contributed by atoms with Crippen LogP contribution in [-0.4, -0.2) is 29.6 Å². The van der Waals surface area contributed by atoms with Crippen LogP contribution in [0.5, 0.6) is 0 Å². The molecule has 0 aromatic carbocycles. The molecule has 1 aromatic heterocycles. The van der Waals surface area contributed by atoms with Gasteiger partial charge in [-0.1, -0.05) is 11.6 Å². The maximum absolute atomic E-state index is 5.66. The number of rotatable bonds is 2. The van der Waals surface area contributed by atoms with E-state index in [1.807, 2.05) is 0 Å². The van der Waals surface area contributed by atoms with Gasteiger partial charge in [0.1, 0.15) is 11.0 Å². The number of hydrogen-bond acceptors (Lipinski definition) is 4. The third kappa shape index (κ3) is 1.96. The second-order valence-corrected chi connectivity index (χ2v) is 3.92. The highest BCUT2D eigenvalue weighted by atomic mass is 35.5. The molecule has 0 saturated carbocycles. The summed E-state index contributed by atoms with van der Waals surface area (Å²) in [6.07, 6.45) is 4.43. The van der Waals surface area contributed by atoms with Crippen LogP contribution in [0.3, 0.4) is 0 Å². The molecule has 4 nitrogen and oxygen atoms in total. The largest absolute Gasteiger partial charge is 0.355 e. The number of halogens is 1. The van der Waals surface area contributed by atoms with Crippen LogP contribution in [0.4, 0.5) is 5.82 Å². The minimum atomic E-state index is 0.434. The van der Waals surface area contributed by atoms with E-state index in [0.717, 1.165) is 31.9 Å². The Kier molecular flexibility index (Phi) is 2.84. The first-order valence-corrected chi connectivity index (χ1v) is 5.10. The van der Waals surface area contributed by atoms with E-state index in [9.17, 15) is 0 Å². The summed E-state index contributed by atoms with van der Waals surface area (Å²) in [6, 6.07) is 0. The molecule has 1 fully saturated rings. The Bertz CT molecular complexity index is 300. The summed E-state index contributed by atoms with van der Waals surface area (Å²) in [7, 11) is 0. The van der Waals surface area contributed by atoms with Crippen molar-refractivity contribution in [3.8, 4) is 0 Å². The molecule has 0 aliphatic carbocycles. The highest BCUT2D eigenvalue weighted by Crippen LogP contribution is 2.20. The van der Waals surface area contributed by atoms with Crippen molar-refractivity contribution in [1.29, 1.82) is 0 Å². The fraction of sp³-hybridized carbons (Fsp3) is 0.556. The van der Waals surface area contributed by atoms with E-state index >= 15 is 0 Å². The molecule has 1 atom stereocenters. The zero-order valence-corrected chi connectivity index (χ0v) is 8.61. The molecule has 0 bridgehead atoms. The van der Waals surface area contributed by atoms with Crippen molar-refractivity contribution in [2.45, 2.75) is 6.42 Å². The lowest BCUT2D eigenvalue weighted by Gasteiger charge is -2.16. The van der Waals surface area contributed by atoms with Crippen molar-refractivity contribution < 1.29 is 0 Å². The van der Waals surface area contributed by atoms with Crippen LogP contribution in [0.1, 0.15) is 6.42 Å². The van der Waals surface area contributed by atoms with Gasteiger partial charge in [0.15, 0.2) is 0 Å². The van der Waals surface area contributed by atoms with Gasteiger partial charge in [-0.05, 0) is 18.9 Å². The van der Waals surface area contributed by atoms with Crippen LogP contribution in [0, 0.1) is 5.92 Å². The van der Waals surface area contributed by atoms with Gasteiger partial charge in [-0.25, -0.2) is 9.97 Å². The van der Waals surface area contributed by atoms with Gasteiger partial charge >= 0.3 is 0 Å². The van der Waals surface area contributed by atoms with Gasteiger partial charge in [0, 0.05) is 13.1 Å². The Morgan fingerprint density at radius 3 is 2.93 bits per heavy atom. The fourth-order valence-electron chi connectivity index (χ4n) is 1.70. The minimum Gasteiger partial charge on any atom is -0.355 e. The number of hydrogen-bond donors (Lipinski definition) is 1. The SMILES string of the molecule is NCC1CCN(c2cnc(Cl)cn2)C1. The Morgan fingerprint density at radius 1 is 1.50 bits per heavy atom. The number of aromatic nitrogens is 2. The molecular formula is C9H13ClN4. The predicted octanol–water partition coefficient (Wildman–Crippen LogP) is 0.915. The van der Waals surface area contributed by atoms with E-state index in [4.69, 9.17) is 17.3 Å². The molecule has 5 heteroatoms. The second kappa shape index (κ2) is 4.11. The average Bonchev–Trinajstić information content (AvgIpc) is 2.67. The lowest BCUT2D eigenvalue weighted by atomic mass is 10.1. The van der Waals surface area contributed by atoms with Gasteiger partial charge in [0.2, 0.25) is 0 Å². The normalized spacial score (nSPS) is 21.6. The molecule has 0 radical (unpaired) electrons. The van der Waals surface area contributed by atoms with Gasteiger partial charge in [0.25, 0.3) is 0 Å². The first kappa shape index (κ1) is 9.68. The molecule has 2 rings (SSSR count). The van der Waals surface area contributed by atoms with E-state index < -0.39 is 0 Å². The summed E-state index contributed by atoms with van der Waals surface area (Å²) < 4.78 is 0. The smallest absolute Gasteiger partial charge is 0.147 e. The highest BCUT2D eigenvalue weighted by molar-refractivity contribution is 6.29. The molecule has 0 spiro atoms. The van der Waals surface area contributed by atoms with Gasteiger partial charge in [0.05, 0.1) is 12.4 Å². The lowest BCUT2D eigenvalue weighted by molar-refractivity contribution is 0.602. The monoisotopic (exact) mass is 212 g/mol. The molecule has 0 amide bonds. The van der Waals surface area contributed by atoms with Crippen molar-refractivity contribution >= 4 is 17.4 Å². The topological polar surface area (TPSA) is 55.0 Å². The maximum Gasteiger partial charge on any atom is 0.147 e. The molecule has 1 unspecified atom stereocenters. The Balaban J connectivity index is 2.06. The van der Waals surface area contributed by atoms with Crippen molar-refractivity contribution in [3.05, 3.63) is 17.5 Å². The van der Waals surface area contributed by atoms with Crippen molar-refractivity contribution in [3.63, 3.8) is 0 Å². The summed E-state index contributed by atoms with van der Waals surface area (Å²) in [5.74, 6) is 1.48. The summed E-state index contributed by atoms with van der Waals surface area (Å²) in [6.45, 7) is 2.74. The Morgan fingerprint density at radius 2 is 2.36 bits per heavy atom. The van der Waals surface area contributed by atoms with Crippen molar-refractivity contribution in [2.75, 3.05) is 24.5 Å². The standard InChI is InChI=1S/C9H13ClN4/c10-8-4-13-9(5-12-8)14-2-1-7(3-11)6-14/h4-5,7H,1-3,6,11H2. The summed E-state index contributed by atoms with van der Waals surface area (Å²) >= 11 is 5.66. The quantitative estimate of drug-likeness (QED) is 0.792. The Hall–Kier alpha value is -0.870. The molecule has 1 aromatic rings. The van der Waals surface area contributed by atoms with Crippen LogP contribution in [0.2, 0.25) is 5.15 Å². The molecule has 1 aliphatic rings. The summed E-state index contributed by atoms with van der Waals surface area (Å²) in [4.78, 5) is 10.4. The Labute approximate surface area is 88.1 Å². The molecule has 2 N–H and O–H groups in total. The average molecular weight is 213 g/mol. The van der Waals surface area contributed by atoms with E-state index in [1.165, 1.54) is 0 Å². The van der Waals surface area contributed by atoms with Crippen LogP contribution in [-0.2, 0) is 0 Å². The zero-order valence-electron chi connectivity index (χ0n) is 7.86. The van der Waals surface area contributed by atoms with Crippen LogP contribution in [0.15, 0.2) is 12.4 Å². The lowest BCUT2D eigenvalue weighted by Crippen LogP contribution is -2.23. The first-order chi connectivity index (χ1) is 6.79. The van der Waals surface area contributed by atoms with Crippen LogP contribution < -0.4 is 10.6 Å². The highest BCUT2D eigenvalue weighted by Gasteiger charge is 2.22. The third-order valence-corrected chi connectivity index (χ3v) is 2.75. The molecule has 1 aliphatic heterocycles.